The van der Waals surface area contributed by atoms with Crippen LogP contribution in [-0.2, 0) is 9.53 Å². The standard InChI is InChI=1S/C9H15NO2/c1-3-4-5-7-10-8-6-9(11)12-2/h3-4,6,8,10H,5,7H2,1-2H3/b4-3+,8-6+. The predicted molar refractivity (Wildman–Crippen MR) is 48.6 cm³/mol. The molecule has 0 saturated heterocycles. The van der Waals surface area contributed by atoms with E-state index in [1.54, 1.807) is 6.20 Å². The van der Waals surface area contributed by atoms with Gasteiger partial charge in [0.05, 0.1) is 7.11 Å². The third-order valence-corrected chi connectivity index (χ3v) is 1.23. The fourth-order valence-corrected chi connectivity index (χ4v) is 0.612. The molecule has 0 saturated carbocycles. The van der Waals surface area contributed by atoms with E-state index in [1.807, 2.05) is 13.0 Å². The second-order valence-electron chi connectivity index (χ2n) is 2.17. The third kappa shape index (κ3) is 6.86. The fourth-order valence-electron chi connectivity index (χ4n) is 0.612. The number of ether oxygens (including phenoxy) is 1. The van der Waals surface area contributed by atoms with Crippen LogP contribution in [0.1, 0.15) is 13.3 Å². The number of nitrogens with one attached hydrogen (secondary N) is 1. The van der Waals surface area contributed by atoms with Gasteiger partial charge in [0.1, 0.15) is 0 Å². The van der Waals surface area contributed by atoms with Crippen molar-refractivity contribution in [3.05, 3.63) is 24.4 Å². The Morgan fingerprint density at radius 3 is 2.92 bits per heavy atom. The van der Waals surface area contributed by atoms with Crippen molar-refractivity contribution in [2.24, 2.45) is 0 Å². The molecule has 12 heavy (non-hydrogen) atoms. The van der Waals surface area contributed by atoms with Crippen LogP contribution in [-0.4, -0.2) is 19.6 Å². The van der Waals surface area contributed by atoms with Crippen LogP contribution in [0.4, 0.5) is 0 Å². The highest BCUT2D eigenvalue weighted by molar-refractivity contribution is 5.81. The zero-order valence-corrected chi connectivity index (χ0v) is 7.54. The summed E-state index contributed by atoms with van der Waals surface area (Å²) in [5.74, 6) is -0.339. The molecule has 0 unspecified atom stereocenters. The average molecular weight is 169 g/mol. The van der Waals surface area contributed by atoms with Crippen molar-refractivity contribution in [1.29, 1.82) is 0 Å². The molecule has 0 aromatic heterocycles. The number of allylic oxidation sites excluding steroid dienone is 1. The minimum atomic E-state index is -0.339. The Morgan fingerprint density at radius 1 is 1.58 bits per heavy atom. The van der Waals surface area contributed by atoms with Crippen LogP contribution in [0, 0.1) is 0 Å². The SMILES string of the molecule is C/C=C/CCN/C=C/C(=O)OC. The lowest BCUT2D eigenvalue weighted by molar-refractivity contribution is -0.134. The molecule has 0 spiro atoms. The summed E-state index contributed by atoms with van der Waals surface area (Å²) in [6.07, 6.45) is 7.96. The zero-order valence-electron chi connectivity index (χ0n) is 7.54. The van der Waals surface area contributed by atoms with Crippen molar-refractivity contribution in [3.63, 3.8) is 0 Å². The summed E-state index contributed by atoms with van der Waals surface area (Å²) >= 11 is 0. The molecule has 0 aliphatic carbocycles. The van der Waals surface area contributed by atoms with Gasteiger partial charge in [-0.15, -0.1) is 0 Å². The van der Waals surface area contributed by atoms with E-state index in [0.29, 0.717) is 0 Å². The molecule has 3 heteroatoms. The Bertz CT molecular complexity index is 173. The molecule has 0 fully saturated rings. The van der Waals surface area contributed by atoms with Gasteiger partial charge in [0.15, 0.2) is 0 Å². The minimum absolute atomic E-state index is 0.339. The number of methoxy groups -OCH3 is 1. The first-order valence-electron chi connectivity index (χ1n) is 3.90. The van der Waals surface area contributed by atoms with Crippen molar-refractivity contribution < 1.29 is 9.53 Å². The van der Waals surface area contributed by atoms with Gasteiger partial charge in [0.25, 0.3) is 0 Å². The normalized spacial score (nSPS) is 10.8. The van der Waals surface area contributed by atoms with Crippen LogP contribution in [0.2, 0.25) is 0 Å². The van der Waals surface area contributed by atoms with E-state index < -0.39 is 0 Å². The Morgan fingerprint density at radius 2 is 2.33 bits per heavy atom. The van der Waals surface area contributed by atoms with Gasteiger partial charge in [0, 0.05) is 18.8 Å². The second-order valence-corrected chi connectivity index (χ2v) is 2.17. The largest absolute Gasteiger partial charge is 0.466 e. The van der Waals surface area contributed by atoms with Crippen molar-refractivity contribution in [3.8, 4) is 0 Å². The molecule has 0 radical (unpaired) electrons. The summed E-state index contributed by atoms with van der Waals surface area (Å²) in [6.45, 7) is 2.81. The number of carbonyl (C=O) groups is 1. The van der Waals surface area contributed by atoms with Crippen LogP contribution in [0.15, 0.2) is 24.4 Å². The van der Waals surface area contributed by atoms with Gasteiger partial charge in [-0.2, -0.15) is 0 Å². The Hall–Kier alpha value is -1.25. The Kier molecular flexibility index (Phi) is 7.03. The molecule has 3 nitrogen and oxygen atoms in total. The summed E-state index contributed by atoms with van der Waals surface area (Å²) in [5.41, 5.74) is 0. The number of carbonyl (C=O) groups excluding carboxylic acids is 1. The van der Waals surface area contributed by atoms with Crippen LogP contribution >= 0.6 is 0 Å². The lowest BCUT2D eigenvalue weighted by atomic mass is 10.4. The fraction of sp³-hybridized carbons (Fsp3) is 0.444. The molecule has 0 aliphatic rings. The van der Waals surface area contributed by atoms with E-state index in [2.05, 4.69) is 16.1 Å². The third-order valence-electron chi connectivity index (χ3n) is 1.23. The maximum absolute atomic E-state index is 10.5. The first-order chi connectivity index (χ1) is 5.81. The minimum Gasteiger partial charge on any atom is -0.466 e. The van der Waals surface area contributed by atoms with Gasteiger partial charge in [-0.05, 0) is 13.3 Å². The van der Waals surface area contributed by atoms with Crippen LogP contribution in [0.3, 0.4) is 0 Å². The highest BCUT2D eigenvalue weighted by Gasteiger charge is 1.87. The number of hydrogen-bond acceptors (Lipinski definition) is 3. The topological polar surface area (TPSA) is 38.3 Å². The molecule has 1 N–H and O–H groups in total. The van der Waals surface area contributed by atoms with Crippen LogP contribution in [0.5, 0.6) is 0 Å². The Labute approximate surface area is 73.1 Å². The zero-order chi connectivity index (χ0) is 9.23. The van der Waals surface area contributed by atoms with Crippen LogP contribution in [0.25, 0.3) is 0 Å². The molecule has 0 aromatic carbocycles. The van der Waals surface area contributed by atoms with E-state index in [1.165, 1.54) is 13.2 Å². The van der Waals surface area contributed by atoms with E-state index in [-0.39, 0.29) is 5.97 Å². The molecule has 0 atom stereocenters. The van der Waals surface area contributed by atoms with Gasteiger partial charge < -0.3 is 10.1 Å². The molecule has 0 aromatic rings. The second kappa shape index (κ2) is 7.85. The highest BCUT2D eigenvalue weighted by atomic mass is 16.5. The first-order valence-corrected chi connectivity index (χ1v) is 3.90. The highest BCUT2D eigenvalue weighted by Crippen LogP contribution is 1.80. The first kappa shape index (κ1) is 10.8. The van der Waals surface area contributed by atoms with Gasteiger partial charge in [-0.25, -0.2) is 4.79 Å². The van der Waals surface area contributed by atoms with Crippen molar-refractivity contribution in [2.75, 3.05) is 13.7 Å². The summed E-state index contributed by atoms with van der Waals surface area (Å²) in [7, 11) is 1.35. The molecule has 0 bridgehead atoms. The van der Waals surface area contributed by atoms with E-state index in [0.717, 1.165) is 13.0 Å². The van der Waals surface area contributed by atoms with Crippen LogP contribution < -0.4 is 5.32 Å². The van der Waals surface area contributed by atoms with Gasteiger partial charge in [0.2, 0.25) is 0 Å². The van der Waals surface area contributed by atoms with Crippen molar-refractivity contribution >= 4 is 5.97 Å². The number of rotatable bonds is 5. The molecule has 0 aliphatic heterocycles. The van der Waals surface area contributed by atoms with E-state index in [4.69, 9.17) is 0 Å². The average Bonchev–Trinajstić information content (AvgIpc) is 2.10. The number of esters is 1. The molecule has 0 heterocycles. The maximum Gasteiger partial charge on any atom is 0.331 e. The lowest BCUT2D eigenvalue weighted by Gasteiger charge is -1.95. The predicted octanol–water partition coefficient (Wildman–Crippen LogP) is 1.23. The summed E-state index contributed by atoms with van der Waals surface area (Å²) in [5, 5.41) is 2.95. The van der Waals surface area contributed by atoms with Gasteiger partial charge >= 0.3 is 5.97 Å². The summed E-state index contributed by atoms with van der Waals surface area (Å²) in [6, 6.07) is 0. The molecular weight excluding hydrogens is 154 g/mol. The molecule has 0 amide bonds. The van der Waals surface area contributed by atoms with Crippen molar-refractivity contribution in [2.45, 2.75) is 13.3 Å². The quantitative estimate of drug-likeness (QED) is 0.291. The monoisotopic (exact) mass is 169 g/mol. The Balaban J connectivity index is 3.30. The lowest BCUT2D eigenvalue weighted by Crippen LogP contribution is -2.07. The smallest absolute Gasteiger partial charge is 0.331 e. The maximum atomic E-state index is 10.5. The number of hydrogen-bond donors (Lipinski definition) is 1. The summed E-state index contributed by atoms with van der Waals surface area (Å²) in [4.78, 5) is 10.5. The van der Waals surface area contributed by atoms with Gasteiger partial charge in [-0.3, -0.25) is 0 Å². The molecular formula is C9H15NO2. The van der Waals surface area contributed by atoms with E-state index >= 15 is 0 Å². The van der Waals surface area contributed by atoms with Gasteiger partial charge in [-0.1, -0.05) is 12.2 Å². The molecule has 0 rings (SSSR count). The summed E-state index contributed by atoms with van der Waals surface area (Å²) < 4.78 is 4.40. The van der Waals surface area contributed by atoms with Crippen molar-refractivity contribution in [1.82, 2.24) is 5.32 Å². The molecule has 68 valence electrons. The van der Waals surface area contributed by atoms with E-state index in [9.17, 15) is 4.79 Å².